The molecule has 0 spiro atoms. The van der Waals surface area contributed by atoms with E-state index in [9.17, 15) is 14.7 Å². The Hall–Kier alpha value is -2.40. The second-order valence-corrected chi connectivity index (χ2v) is 23.6. The number of aliphatic hydroxyl groups excluding tert-OH is 1. The summed E-state index contributed by atoms with van der Waals surface area (Å²) in [5, 5.41) is 9.70. The standard InChI is InChI=1S/C73H134O5/c1-3-5-7-9-11-13-15-17-19-21-23-25-27-29-31-33-34-35-36-37-38-40-42-44-46-48-50-52-54-56-58-60-62-64-66-68-73(76)78-71(69-74)70-77-72(75)67-65-63-61-59-57-55-53-51-49-47-45-43-41-39-32-30-28-26-24-22-20-18-16-14-12-10-8-6-4-2/h5,7,11,13,17,19,22-25,71,74H,3-4,6,8-10,12,14-16,18,20-21,26-70H2,1-2H3/b7-5-,13-11-,19-17-,24-22-,25-23-. The lowest BCUT2D eigenvalue weighted by atomic mass is 10.0. The van der Waals surface area contributed by atoms with Crippen molar-refractivity contribution in [1.29, 1.82) is 0 Å². The molecular weight excluding hydrogens is 957 g/mol. The van der Waals surface area contributed by atoms with Crippen LogP contribution in [0.15, 0.2) is 60.8 Å². The van der Waals surface area contributed by atoms with Crippen molar-refractivity contribution in [2.75, 3.05) is 13.2 Å². The lowest BCUT2D eigenvalue weighted by Crippen LogP contribution is -2.28. The largest absolute Gasteiger partial charge is 0.462 e. The van der Waals surface area contributed by atoms with Gasteiger partial charge in [-0.1, -0.05) is 344 Å². The number of aliphatic hydroxyl groups is 1. The molecule has 0 aromatic rings. The minimum atomic E-state index is -0.771. The molecule has 0 aromatic carbocycles. The first-order valence-corrected chi connectivity index (χ1v) is 34.8. The van der Waals surface area contributed by atoms with E-state index in [0.717, 1.165) is 64.2 Å². The molecule has 0 saturated carbocycles. The normalized spacial score (nSPS) is 12.5. The molecular formula is C73H134O5. The van der Waals surface area contributed by atoms with E-state index in [1.165, 1.54) is 283 Å². The van der Waals surface area contributed by atoms with Gasteiger partial charge in [0.2, 0.25) is 0 Å². The molecule has 0 rings (SSSR count). The van der Waals surface area contributed by atoms with Crippen molar-refractivity contribution in [2.24, 2.45) is 0 Å². The Morgan fingerprint density at radius 1 is 0.308 bits per heavy atom. The van der Waals surface area contributed by atoms with Gasteiger partial charge < -0.3 is 14.6 Å². The Balaban J connectivity index is 3.40. The molecule has 1 atom stereocenters. The molecule has 5 nitrogen and oxygen atoms in total. The highest BCUT2D eigenvalue weighted by molar-refractivity contribution is 5.70. The molecule has 0 saturated heterocycles. The van der Waals surface area contributed by atoms with E-state index in [2.05, 4.69) is 74.6 Å². The Morgan fingerprint density at radius 3 is 0.846 bits per heavy atom. The van der Waals surface area contributed by atoms with Gasteiger partial charge in [0.25, 0.3) is 0 Å². The van der Waals surface area contributed by atoms with Gasteiger partial charge in [-0.25, -0.2) is 0 Å². The zero-order chi connectivity index (χ0) is 56.2. The third kappa shape index (κ3) is 66.1. The van der Waals surface area contributed by atoms with Crippen LogP contribution in [-0.2, 0) is 19.1 Å². The second kappa shape index (κ2) is 68.9. The van der Waals surface area contributed by atoms with E-state index in [0.29, 0.717) is 12.8 Å². The predicted octanol–water partition coefficient (Wildman–Crippen LogP) is 24.1. The number of hydrogen-bond donors (Lipinski definition) is 1. The number of carbonyl (C=O) groups excluding carboxylic acids is 2. The van der Waals surface area contributed by atoms with Crippen molar-refractivity contribution in [2.45, 2.75) is 380 Å². The number of rotatable bonds is 65. The summed E-state index contributed by atoms with van der Waals surface area (Å²) in [5.41, 5.74) is 0. The fourth-order valence-electron chi connectivity index (χ4n) is 10.6. The molecule has 0 aliphatic rings. The quantitative estimate of drug-likeness (QED) is 0.0373. The van der Waals surface area contributed by atoms with Gasteiger partial charge in [-0.05, 0) is 77.0 Å². The van der Waals surface area contributed by atoms with Gasteiger partial charge in [0.05, 0.1) is 6.61 Å². The first kappa shape index (κ1) is 75.6. The lowest BCUT2D eigenvalue weighted by Gasteiger charge is -2.15. The maximum Gasteiger partial charge on any atom is 0.306 e. The fraction of sp³-hybridized carbons (Fsp3) is 0.836. The summed E-state index contributed by atoms with van der Waals surface area (Å²) in [6, 6.07) is 0. The van der Waals surface area contributed by atoms with Crippen LogP contribution in [0.3, 0.4) is 0 Å². The smallest absolute Gasteiger partial charge is 0.306 e. The molecule has 0 fully saturated rings. The van der Waals surface area contributed by atoms with E-state index in [1.807, 2.05) is 0 Å². The number of carbonyl (C=O) groups is 2. The van der Waals surface area contributed by atoms with Gasteiger partial charge in [0, 0.05) is 12.8 Å². The van der Waals surface area contributed by atoms with Gasteiger partial charge in [-0.3, -0.25) is 9.59 Å². The molecule has 1 unspecified atom stereocenters. The van der Waals surface area contributed by atoms with Crippen LogP contribution in [-0.4, -0.2) is 36.4 Å². The molecule has 0 aromatic heterocycles. The fourth-order valence-corrected chi connectivity index (χ4v) is 10.6. The second-order valence-electron chi connectivity index (χ2n) is 23.6. The molecule has 0 bridgehead atoms. The van der Waals surface area contributed by atoms with Crippen molar-refractivity contribution in [3.63, 3.8) is 0 Å². The summed E-state index contributed by atoms with van der Waals surface area (Å²) in [6.45, 7) is 4.08. The Labute approximate surface area is 487 Å². The molecule has 0 aliphatic carbocycles. The molecule has 1 N–H and O–H groups in total. The minimum Gasteiger partial charge on any atom is -0.462 e. The maximum absolute atomic E-state index is 12.4. The highest BCUT2D eigenvalue weighted by Crippen LogP contribution is 2.19. The first-order chi connectivity index (χ1) is 38.6. The van der Waals surface area contributed by atoms with Crippen molar-refractivity contribution in [3.05, 3.63) is 60.8 Å². The van der Waals surface area contributed by atoms with E-state index >= 15 is 0 Å². The van der Waals surface area contributed by atoms with E-state index in [4.69, 9.17) is 9.47 Å². The van der Waals surface area contributed by atoms with E-state index in [1.54, 1.807) is 0 Å². The Morgan fingerprint density at radius 2 is 0.551 bits per heavy atom. The number of allylic oxidation sites excluding steroid dienone is 10. The molecule has 0 heterocycles. The van der Waals surface area contributed by atoms with Crippen LogP contribution in [0.2, 0.25) is 0 Å². The summed E-state index contributed by atoms with van der Waals surface area (Å²) in [5.74, 6) is -0.568. The van der Waals surface area contributed by atoms with Crippen LogP contribution in [0.4, 0.5) is 0 Å². The minimum absolute atomic E-state index is 0.0606. The zero-order valence-electron chi connectivity index (χ0n) is 52.4. The van der Waals surface area contributed by atoms with Crippen LogP contribution < -0.4 is 0 Å². The van der Waals surface area contributed by atoms with Gasteiger partial charge in [-0.2, -0.15) is 0 Å². The van der Waals surface area contributed by atoms with Gasteiger partial charge in [0.15, 0.2) is 6.10 Å². The number of esters is 2. The van der Waals surface area contributed by atoms with Crippen LogP contribution in [0, 0.1) is 0 Å². The first-order valence-electron chi connectivity index (χ1n) is 34.8. The summed E-state index contributed by atoms with van der Waals surface area (Å²) in [7, 11) is 0. The summed E-state index contributed by atoms with van der Waals surface area (Å²) >= 11 is 0. The SMILES string of the molecule is CC/C=C\C/C=C\C/C=C\C/C=C\CCCCCCCCCCCCCCCCCCCCCCCCC(=O)OC(CO)COC(=O)CCCCCCCCCCCCCCCCCCC/C=C\CCCCCCCCCC. The molecule has 5 heteroatoms. The summed E-state index contributed by atoms with van der Waals surface area (Å²) < 4.78 is 10.8. The number of ether oxygens (including phenoxy) is 2. The third-order valence-corrected chi connectivity index (χ3v) is 15.8. The average molecular weight is 1090 g/mol. The monoisotopic (exact) mass is 1090 g/mol. The van der Waals surface area contributed by atoms with Crippen LogP contribution in [0.5, 0.6) is 0 Å². The molecule has 456 valence electrons. The van der Waals surface area contributed by atoms with Crippen molar-refractivity contribution >= 4 is 11.9 Å². The van der Waals surface area contributed by atoms with E-state index in [-0.39, 0.29) is 25.2 Å². The maximum atomic E-state index is 12.4. The van der Waals surface area contributed by atoms with Gasteiger partial charge in [-0.15, -0.1) is 0 Å². The predicted molar refractivity (Wildman–Crippen MR) is 344 cm³/mol. The molecule has 0 amide bonds. The zero-order valence-corrected chi connectivity index (χ0v) is 52.4. The van der Waals surface area contributed by atoms with Crippen molar-refractivity contribution in [1.82, 2.24) is 0 Å². The van der Waals surface area contributed by atoms with E-state index < -0.39 is 6.10 Å². The van der Waals surface area contributed by atoms with Crippen molar-refractivity contribution in [3.8, 4) is 0 Å². The Kier molecular flexibility index (Phi) is 66.8. The average Bonchev–Trinajstić information content (AvgIpc) is 3.44. The summed E-state index contributed by atoms with van der Waals surface area (Å²) in [4.78, 5) is 24.6. The highest BCUT2D eigenvalue weighted by Gasteiger charge is 2.16. The molecule has 78 heavy (non-hydrogen) atoms. The van der Waals surface area contributed by atoms with Crippen LogP contribution >= 0.6 is 0 Å². The molecule has 0 aliphatic heterocycles. The lowest BCUT2D eigenvalue weighted by molar-refractivity contribution is -0.161. The molecule has 0 radical (unpaired) electrons. The summed E-state index contributed by atoms with van der Waals surface area (Å²) in [6.07, 6.45) is 94.0. The highest BCUT2D eigenvalue weighted by atomic mass is 16.6. The third-order valence-electron chi connectivity index (χ3n) is 15.8. The number of hydrogen-bond acceptors (Lipinski definition) is 5. The van der Waals surface area contributed by atoms with Gasteiger partial charge in [0.1, 0.15) is 6.61 Å². The Bertz CT molecular complexity index is 1330. The topological polar surface area (TPSA) is 72.8 Å². The van der Waals surface area contributed by atoms with Gasteiger partial charge >= 0.3 is 11.9 Å². The van der Waals surface area contributed by atoms with Crippen LogP contribution in [0.25, 0.3) is 0 Å². The van der Waals surface area contributed by atoms with Crippen molar-refractivity contribution < 1.29 is 24.2 Å². The number of unbranched alkanes of at least 4 members (excludes halogenated alkanes) is 47. The van der Waals surface area contributed by atoms with Crippen LogP contribution in [0.1, 0.15) is 373 Å².